The van der Waals surface area contributed by atoms with Gasteiger partial charge < -0.3 is 10.1 Å². The third kappa shape index (κ3) is 2.99. The number of ether oxygens (including phenoxy) is 1. The zero-order valence-electron chi connectivity index (χ0n) is 10.7. The van der Waals surface area contributed by atoms with Crippen molar-refractivity contribution in [3.63, 3.8) is 0 Å². The molecule has 3 atom stereocenters. The van der Waals surface area contributed by atoms with Crippen LogP contribution in [0.25, 0.3) is 0 Å². The van der Waals surface area contributed by atoms with Crippen LogP contribution in [0.5, 0.6) is 0 Å². The van der Waals surface area contributed by atoms with Crippen molar-refractivity contribution in [3.8, 4) is 0 Å². The molecule has 0 bridgehead atoms. The van der Waals surface area contributed by atoms with E-state index < -0.39 is 0 Å². The van der Waals surface area contributed by atoms with E-state index in [1.165, 1.54) is 63.1 Å². The first-order valence-electron chi connectivity index (χ1n) is 7.29. The molecule has 98 valence electrons. The minimum atomic E-state index is 0.287. The lowest BCUT2D eigenvalue weighted by atomic mass is 9.79. The lowest BCUT2D eigenvalue weighted by molar-refractivity contribution is -0.0829. The third-order valence-corrected chi connectivity index (χ3v) is 5.95. The molecule has 2 nitrogen and oxygen atoms in total. The molecule has 0 amide bonds. The normalized spacial score (nSPS) is 43.1. The van der Waals surface area contributed by atoms with Crippen molar-refractivity contribution < 1.29 is 4.74 Å². The molecule has 1 N–H and O–H groups in total. The van der Waals surface area contributed by atoms with Crippen molar-refractivity contribution in [1.29, 1.82) is 0 Å². The summed E-state index contributed by atoms with van der Waals surface area (Å²) in [4.78, 5) is 0. The smallest absolute Gasteiger partial charge is 0.0783 e. The maximum Gasteiger partial charge on any atom is 0.0783 e. The predicted octanol–water partition coefficient (Wildman–Crippen LogP) is 2.68. The van der Waals surface area contributed by atoms with Gasteiger partial charge in [0, 0.05) is 12.4 Å². The molecule has 0 aliphatic carbocycles. The Balaban J connectivity index is 1.52. The highest BCUT2D eigenvalue weighted by molar-refractivity contribution is 7.99. The number of thioether (sulfide) groups is 1. The van der Waals surface area contributed by atoms with Gasteiger partial charge in [0.05, 0.1) is 5.60 Å². The van der Waals surface area contributed by atoms with Crippen LogP contribution in [0.1, 0.15) is 38.5 Å². The first kappa shape index (κ1) is 12.3. The summed E-state index contributed by atoms with van der Waals surface area (Å²) >= 11 is 2.09. The third-order valence-electron chi connectivity index (χ3n) is 4.73. The highest BCUT2D eigenvalue weighted by atomic mass is 32.2. The molecular formula is C14H25NOS. The second-order valence-electron chi connectivity index (χ2n) is 6.14. The number of rotatable bonds is 2. The fourth-order valence-electron chi connectivity index (χ4n) is 3.79. The maximum absolute atomic E-state index is 6.11. The van der Waals surface area contributed by atoms with E-state index in [2.05, 4.69) is 17.1 Å². The van der Waals surface area contributed by atoms with E-state index >= 15 is 0 Å². The Bertz CT molecular complexity index is 247. The number of hydrogen-bond acceptors (Lipinski definition) is 3. The summed E-state index contributed by atoms with van der Waals surface area (Å²) in [5.74, 6) is 4.45. The van der Waals surface area contributed by atoms with Gasteiger partial charge >= 0.3 is 0 Å². The van der Waals surface area contributed by atoms with E-state index in [-0.39, 0.29) is 5.60 Å². The SMILES string of the molecule is C1CNCC(CC2CCOC3(CCSC3)C2)C1. The Morgan fingerprint density at radius 3 is 3.06 bits per heavy atom. The van der Waals surface area contributed by atoms with Crippen LogP contribution < -0.4 is 5.32 Å². The first-order valence-corrected chi connectivity index (χ1v) is 8.44. The minimum Gasteiger partial charge on any atom is -0.374 e. The average molecular weight is 255 g/mol. The lowest BCUT2D eigenvalue weighted by Crippen LogP contribution is -2.41. The summed E-state index contributed by atoms with van der Waals surface area (Å²) in [6.45, 7) is 3.52. The van der Waals surface area contributed by atoms with Crippen LogP contribution in [0.15, 0.2) is 0 Å². The molecule has 0 aromatic rings. The molecule has 1 spiro atoms. The van der Waals surface area contributed by atoms with Crippen molar-refractivity contribution in [2.24, 2.45) is 11.8 Å². The average Bonchev–Trinajstić information content (AvgIpc) is 2.79. The van der Waals surface area contributed by atoms with Crippen LogP contribution in [-0.2, 0) is 4.74 Å². The monoisotopic (exact) mass is 255 g/mol. The Hall–Kier alpha value is 0.270. The van der Waals surface area contributed by atoms with Gasteiger partial charge in [0.15, 0.2) is 0 Å². The molecule has 0 radical (unpaired) electrons. The summed E-state index contributed by atoms with van der Waals surface area (Å²) in [6.07, 6.45) is 8.24. The van der Waals surface area contributed by atoms with E-state index in [1.54, 1.807) is 0 Å². The second-order valence-corrected chi connectivity index (χ2v) is 7.25. The molecule has 17 heavy (non-hydrogen) atoms. The molecule has 0 saturated carbocycles. The van der Waals surface area contributed by atoms with Gasteiger partial charge in [-0.2, -0.15) is 11.8 Å². The van der Waals surface area contributed by atoms with E-state index in [9.17, 15) is 0 Å². The Morgan fingerprint density at radius 2 is 2.29 bits per heavy atom. The van der Waals surface area contributed by atoms with Crippen LogP contribution in [0.2, 0.25) is 0 Å². The van der Waals surface area contributed by atoms with Gasteiger partial charge in [0.25, 0.3) is 0 Å². The largest absolute Gasteiger partial charge is 0.374 e. The van der Waals surface area contributed by atoms with Crippen molar-refractivity contribution in [2.45, 2.75) is 44.1 Å². The van der Waals surface area contributed by atoms with Crippen molar-refractivity contribution in [3.05, 3.63) is 0 Å². The number of piperidine rings is 1. The standard InChI is InChI=1S/C14H25NOS/c1-2-13(10-15-5-1)8-12-3-6-16-14(9-12)4-7-17-11-14/h12-13,15H,1-11H2. The van der Waals surface area contributed by atoms with Crippen LogP contribution in [0, 0.1) is 11.8 Å². The van der Waals surface area contributed by atoms with Crippen LogP contribution in [-0.4, -0.2) is 36.8 Å². The quantitative estimate of drug-likeness (QED) is 0.820. The molecule has 3 heteroatoms. The van der Waals surface area contributed by atoms with Gasteiger partial charge in [-0.1, -0.05) is 0 Å². The van der Waals surface area contributed by atoms with Gasteiger partial charge in [0.1, 0.15) is 0 Å². The highest BCUT2D eigenvalue weighted by Crippen LogP contribution is 2.42. The Morgan fingerprint density at radius 1 is 1.29 bits per heavy atom. The molecule has 3 aliphatic rings. The minimum absolute atomic E-state index is 0.287. The van der Waals surface area contributed by atoms with Gasteiger partial charge in [0.2, 0.25) is 0 Å². The van der Waals surface area contributed by atoms with E-state index in [4.69, 9.17) is 4.74 Å². The second kappa shape index (κ2) is 5.50. The zero-order chi connectivity index (χ0) is 11.6. The van der Waals surface area contributed by atoms with Gasteiger partial charge in [-0.15, -0.1) is 0 Å². The summed E-state index contributed by atoms with van der Waals surface area (Å²) in [5.41, 5.74) is 0.287. The van der Waals surface area contributed by atoms with Crippen molar-refractivity contribution in [2.75, 3.05) is 31.2 Å². The van der Waals surface area contributed by atoms with E-state index in [0.717, 1.165) is 18.4 Å². The van der Waals surface area contributed by atoms with Gasteiger partial charge in [-0.05, 0) is 69.2 Å². The molecule has 3 heterocycles. The molecule has 0 aromatic heterocycles. The molecule has 3 unspecified atom stereocenters. The molecular weight excluding hydrogens is 230 g/mol. The highest BCUT2D eigenvalue weighted by Gasteiger charge is 2.40. The van der Waals surface area contributed by atoms with Gasteiger partial charge in [-0.3, -0.25) is 0 Å². The van der Waals surface area contributed by atoms with Crippen molar-refractivity contribution in [1.82, 2.24) is 5.32 Å². The summed E-state index contributed by atoms with van der Waals surface area (Å²) in [6, 6.07) is 0. The molecule has 0 aromatic carbocycles. The Kier molecular flexibility index (Phi) is 3.98. The fourth-order valence-corrected chi connectivity index (χ4v) is 5.17. The number of nitrogens with one attached hydrogen (secondary N) is 1. The molecule has 3 fully saturated rings. The topological polar surface area (TPSA) is 21.3 Å². The van der Waals surface area contributed by atoms with E-state index in [0.29, 0.717) is 0 Å². The first-order chi connectivity index (χ1) is 8.36. The molecule has 3 aliphatic heterocycles. The maximum atomic E-state index is 6.11. The van der Waals surface area contributed by atoms with Crippen LogP contribution >= 0.6 is 11.8 Å². The van der Waals surface area contributed by atoms with E-state index in [1.807, 2.05) is 0 Å². The predicted molar refractivity (Wildman–Crippen MR) is 73.6 cm³/mol. The molecule has 3 saturated heterocycles. The molecule has 3 rings (SSSR count). The number of hydrogen-bond donors (Lipinski definition) is 1. The zero-order valence-corrected chi connectivity index (χ0v) is 11.6. The van der Waals surface area contributed by atoms with Crippen molar-refractivity contribution >= 4 is 11.8 Å². The van der Waals surface area contributed by atoms with Crippen LogP contribution in [0.4, 0.5) is 0 Å². The summed E-state index contributed by atoms with van der Waals surface area (Å²) in [5, 5.41) is 3.55. The van der Waals surface area contributed by atoms with Gasteiger partial charge in [-0.25, -0.2) is 0 Å². The Labute approximate surface area is 109 Å². The fraction of sp³-hybridized carbons (Fsp3) is 1.00. The lowest BCUT2D eigenvalue weighted by Gasteiger charge is -2.39. The summed E-state index contributed by atoms with van der Waals surface area (Å²) in [7, 11) is 0. The van der Waals surface area contributed by atoms with Crippen LogP contribution in [0.3, 0.4) is 0 Å². The summed E-state index contributed by atoms with van der Waals surface area (Å²) < 4.78 is 6.11.